The zero-order valence-electron chi connectivity index (χ0n) is 22.6. The van der Waals surface area contributed by atoms with Crippen molar-refractivity contribution in [3.8, 4) is 11.5 Å². The van der Waals surface area contributed by atoms with Gasteiger partial charge in [0, 0.05) is 31.2 Å². The predicted octanol–water partition coefficient (Wildman–Crippen LogP) is 4.83. The molecule has 0 aliphatic carbocycles. The number of methoxy groups -OCH3 is 2. The molecule has 8 heteroatoms. The standard InChI is InChI=1S/C30H38N2O5S/c1-4-37-18-9-16-31(29(33)21-24-10-6-5-7-11-24)23-30(34)32(22-26-12-8-19-38-26)17-15-25-13-14-27(35-2)28(20-25)36-3/h5-8,10-14,19-20H,4,9,15-18,21-23H2,1-3H3. The van der Waals surface area contributed by atoms with Crippen LogP contribution in [0.4, 0.5) is 0 Å². The van der Waals surface area contributed by atoms with Crippen LogP contribution in [0.5, 0.6) is 11.5 Å². The summed E-state index contributed by atoms with van der Waals surface area (Å²) in [6.07, 6.45) is 1.59. The average molecular weight is 539 g/mol. The van der Waals surface area contributed by atoms with Gasteiger partial charge >= 0.3 is 0 Å². The third-order valence-electron chi connectivity index (χ3n) is 6.20. The summed E-state index contributed by atoms with van der Waals surface area (Å²) in [6, 6.07) is 19.5. The third-order valence-corrected chi connectivity index (χ3v) is 7.06. The molecule has 2 amide bonds. The largest absolute Gasteiger partial charge is 0.493 e. The topological polar surface area (TPSA) is 68.3 Å². The van der Waals surface area contributed by atoms with Crippen LogP contribution in [0.2, 0.25) is 0 Å². The number of carbonyl (C=O) groups excluding carboxylic acids is 2. The SMILES string of the molecule is CCOCCCN(CC(=O)N(CCc1ccc(OC)c(OC)c1)Cc1cccs1)C(=O)Cc1ccccc1. The van der Waals surface area contributed by atoms with Gasteiger partial charge in [0.05, 0.1) is 33.7 Å². The Hall–Kier alpha value is -3.36. The van der Waals surface area contributed by atoms with Crippen LogP contribution in [0.25, 0.3) is 0 Å². The number of carbonyl (C=O) groups is 2. The van der Waals surface area contributed by atoms with Gasteiger partial charge in [0.1, 0.15) is 0 Å². The molecule has 0 atom stereocenters. The number of thiophene rings is 1. The van der Waals surface area contributed by atoms with E-state index in [1.165, 1.54) is 0 Å². The first kappa shape index (κ1) is 29.2. The summed E-state index contributed by atoms with van der Waals surface area (Å²) in [6.45, 7) is 4.66. The van der Waals surface area contributed by atoms with E-state index in [1.807, 2.05) is 77.9 Å². The van der Waals surface area contributed by atoms with Gasteiger partial charge in [-0.2, -0.15) is 0 Å². The number of hydrogen-bond acceptors (Lipinski definition) is 6. The van der Waals surface area contributed by atoms with Crippen molar-refractivity contribution in [1.82, 2.24) is 9.80 Å². The van der Waals surface area contributed by atoms with E-state index < -0.39 is 0 Å². The first-order valence-electron chi connectivity index (χ1n) is 12.9. The fraction of sp³-hybridized carbons (Fsp3) is 0.400. The molecule has 2 aromatic carbocycles. The molecular weight excluding hydrogens is 500 g/mol. The quantitative estimate of drug-likeness (QED) is 0.244. The van der Waals surface area contributed by atoms with Crippen LogP contribution >= 0.6 is 11.3 Å². The predicted molar refractivity (Wildman–Crippen MR) is 151 cm³/mol. The second kappa shape index (κ2) is 15.8. The van der Waals surface area contributed by atoms with Crippen LogP contribution in [0.15, 0.2) is 66.0 Å². The molecule has 0 aliphatic heterocycles. The van der Waals surface area contributed by atoms with Gasteiger partial charge in [-0.05, 0) is 54.5 Å². The van der Waals surface area contributed by atoms with Gasteiger partial charge in [0.15, 0.2) is 11.5 Å². The lowest BCUT2D eigenvalue weighted by molar-refractivity contribution is -0.140. The summed E-state index contributed by atoms with van der Waals surface area (Å²) >= 11 is 1.62. The average Bonchev–Trinajstić information content (AvgIpc) is 3.46. The molecule has 0 radical (unpaired) electrons. The summed E-state index contributed by atoms with van der Waals surface area (Å²) in [7, 11) is 3.22. The number of nitrogens with zero attached hydrogens (tertiary/aromatic N) is 2. The van der Waals surface area contributed by atoms with Crippen molar-refractivity contribution in [3.63, 3.8) is 0 Å². The Labute approximate surface area is 229 Å². The molecular formula is C30H38N2O5S. The maximum absolute atomic E-state index is 13.6. The third kappa shape index (κ3) is 9.19. The normalized spacial score (nSPS) is 10.7. The molecule has 3 aromatic rings. The lowest BCUT2D eigenvalue weighted by Crippen LogP contribution is -2.44. The Morgan fingerprint density at radius 3 is 2.32 bits per heavy atom. The molecule has 0 fully saturated rings. The molecule has 204 valence electrons. The highest BCUT2D eigenvalue weighted by Crippen LogP contribution is 2.28. The highest BCUT2D eigenvalue weighted by atomic mass is 32.1. The van der Waals surface area contributed by atoms with Gasteiger partial charge < -0.3 is 24.0 Å². The number of rotatable bonds is 16. The van der Waals surface area contributed by atoms with Gasteiger partial charge in [0.25, 0.3) is 0 Å². The zero-order valence-corrected chi connectivity index (χ0v) is 23.4. The molecule has 7 nitrogen and oxygen atoms in total. The Morgan fingerprint density at radius 2 is 1.63 bits per heavy atom. The Balaban J connectivity index is 1.72. The van der Waals surface area contributed by atoms with Crippen LogP contribution in [0.1, 0.15) is 29.3 Å². The van der Waals surface area contributed by atoms with Crippen LogP contribution in [0.3, 0.4) is 0 Å². The van der Waals surface area contributed by atoms with Crippen molar-refractivity contribution in [2.24, 2.45) is 0 Å². The minimum absolute atomic E-state index is 0.0368. The van der Waals surface area contributed by atoms with Gasteiger partial charge in [-0.15, -0.1) is 11.3 Å². The molecule has 0 bridgehead atoms. The molecule has 0 unspecified atom stereocenters. The number of benzene rings is 2. The van der Waals surface area contributed by atoms with E-state index in [1.54, 1.807) is 30.5 Å². The van der Waals surface area contributed by atoms with E-state index in [4.69, 9.17) is 14.2 Å². The smallest absolute Gasteiger partial charge is 0.242 e. The number of amides is 2. The second-order valence-corrected chi connectivity index (χ2v) is 9.89. The molecule has 0 spiro atoms. The van der Waals surface area contributed by atoms with Crippen molar-refractivity contribution in [1.29, 1.82) is 0 Å². The monoisotopic (exact) mass is 538 g/mol. The van der Waals surface area contributed by atoms with Crippen molar-refractivity contribution < 1.29 is 23.8 Å². The summed E-state index contributed by atoms with van der Waals surface area (Å²) < 4.78 is 16.3. The molecule has 0 saturated heterocycles. The lowest BCUT2D eigenvalue weighted by Gasteiger charge is -2.28. The highest BCUT2D eigenvalue weighted by molar-refractivity contribution is 7.09. The van der Waals surface area contributed by atoms with Crippen LogP contribution < -0.4 is 9.47 Å². The Bertz CT molecular complexity index is 1120. The molecule has 0 saturated carbocycles. The molecule has 0 aliphatic rings. The minimum Gasteiger partial charge on any atom is -0.493 e. The van der Waals surface area contributed by atoms with Crippen molar-refractivity contribution in [2.75, 3.05) is 47.1 Å². The lowest BCUT2D eigenvalue weighted by atomic mass is 10.1. The first-order valence-corrected chi connectivity index (χ1v) is 13.8. The van der Waals surface area contributed by atoms with E-state index >= 15 is 0 Å². The van der Waals surface area contributed by atoms with Crippen molar-refractivity contribution >= 4 is 23.2 Å². The maximum atomic E-state index is 13.6. The van der Waals surface area contributed by atoms with Gasteiger partial charge in [-0.1, -0.05) is 42.5 Å². The van der Waals surface area contributed by atoms with Crippen molar-refractivity contribution in [3.05, 3.63) is 82.0 Å². The van der Waals surface area contributed by atoms with Gasteiger partial charge in [-0.25, -0.2) is 0 Å². The summed E-state index contributed by atoms with van der Waals surface area (Å²) in [5.41, 5.74) is 1.98. The zero-order chi connectivity index (χ0) is 27.2. The van der Waals surface area contributed by atoms with E-state index in [2.05, 4.69) is 0 Å². The highest BCUT2D eigenvalue weighted by Gasteiger charge is 2.22. The van der Waals surface area contributed by atoms with Crippen molar-refractivity contribution in [2.45, 2.75) is 32.7 Å². The maximum Gasteiger partial charge on any atom is 0.242 e. The molecule has 38 heavy (non-hydrogen) atoms. The summed E-state index contributed by atoms with van der Waals surface area (Å²) in [5.74, 6) is 1.20. The minimum atomic E-state index is -0.0725. The fourth-order valence-electron chi connectivity index (χ4n) is 4.12. The number of hydrogen-bond donors (Lipinski definition) is 0. The molecule has 1 heterocycles. The number of ether oxygens (including phenoxy) is 3. The fourth-order valence-corrected chi connectivity index (χ4v) is 4.84. The van der Waals surface area contributed by atoms with Gasteiger partial charge in [0.2, 0.25) is 11.8 Å². The molecule has 3 rings (SSSR count). The summed E-state index contributed by atoms with van der Waals surface area (Å²) in [5, 5.41) is 2.01. The van der Waals surface area contributed by atoms with Crippen LogP contribution in [0, 0.1) is 0 Å². The molecule has 0 N–H and O–H groups in total. The van der Waals surface area contributed by atoms with E-state index in [0.717, 1.165) is 16.0 Å². The molecule has 1 aromatic heterocycles. The summed E-state index contributed by atoms with van der Waals surface area (Å²) in [4.78, 5) is 31.5. The van der Waals surface area contributed by atoms with E-state index in [9.17, 15) is 9.59 Å². The Morgan fingerprint density at radius 1 is 0.842 bits per heavy atom. The Kier molecular flexibility index (Phi) is 12.1. The first-order chi connectivity index (χ1) is 18.5. The van der Waals surface area contributed by atoms with Gasteiger partial charge in [-0.3, -0.25) is 9.59 Å². The second-order valence-electron chi connectivity index (χ2n) is 8.86. The van der Waals surface area contributed by atoms with E-state index in [0.29, 0.717) is 57.2 Å². The van der Waals surface area contributed by atoms with Crippen LogP contribution in [-0.4, -0.2) is 68.7 Å². The van der Waals surface area contributed by atoms with Crippen LogP contribution in [-0.2, 0) is 33.7 Å². The van der Waals surface area contributed by atoms with E-state index in [-0.39, 0.29) is 24.8 Å².